The van der Waals surface area contributed by atoms with Crippen LogP contribution in [0.25, 0.3) is 11.0 Å². The van der Waals surface area contributed by atoms with Gasteiger partial charge in [-0.2, -0.15) is 0 Å². The van der Waals surface area contributed by atoms with Crippen LogP contribution in [0.2, 0.25) is 0 Å². The number of rotatable bonds is 4. The summed E-state index contributed by atoms with van der Waals surface area (Å²) in [6, 6.07) is 13.6. The van der Waals surface area contributed by atoms with E-state index in [0.29, 0.717) is 5.95 Å². The molecule has 0 aliphatic rings. The van der Waals surface area contributed by atoms with Crippen LogP contribution in [-0.2, 0) is 0 Å². The Morgan fingerprint density at radius 2 is 1.82 bits per heavy atom. The highest BCUT2D eigenvalue weighted by atomic mass is 32.1. The van der Waals surface area contributed by atoms with E-state index in [1.54, 1.807) is 6.20 Å². The second kappa shape index (κ2) is 5.45. The molecule has 0 atom stereocenters. The fraction of sp³-hybridized carbons (Fsp3) is 0. The van der Waals surface area contributed by atoms with Crippen molar-refractivity contribution < 1.29 is 0 Å². The number of H-pyrrole nitrogens is 1. The Bertz CT molecular complexity index is 865. The highest BCUT2D eigenvalue weighted by molar-refractivity contribution is 7.14. The van der Waals surface area contributed by atoms with Crippen molar-refractivity contribution in [1.82, 2.24) is 19.9 Å². The molecule has 0 bridgehead atoms. The zero-order valence-corrected chi connectivity index (χ0v) is 12.3. The van der Waals surface area contributed by atoms with Crippen molar-refractivity contribution in [2.45, 2.75) is 0 Å². The number of aromatic amines is 1. The number of thiazole rings is 1. The second-order valence-corrected chi connectivity index (χ2v) is 5.46. The molecular weight excluding hydrogens is 296 g/mol. The molecule has 0 saturated carbocycles. The first-order valence-electron chi connectivity index (χ1n) is 6.72. The number of nitrogens with one attached hydrogen (secondary N) is 3. The molecule has 108 valence electrons. The van der Waals surface area contributed by atoms with E-state index in [4.69, 9.17) is 0 Å². The number of para-hydroxylation sites is 2. The third-order valence-corrected chi connectivity index (χ3v) is 3.80. The van der Waals surface area contributed by atoms with Gasteiger partial charge in [-0.25, -0.2) is 15.0 Å². The first-order valence-corrected chi connectivity index (χ1v) is 7.60. The summed E-state index contributed by atoms with van der Waals surface area (Å²) in [5, 5.41) is 9.03. The summed E-state index contributed by atoms with van der Waals surface area (Å²) in [6.45, 7) is 0. The van der Waals surface area contributed by atoms with Crippen LogP contribution in [0, 0.1) is 0 Å². The lowest BCUT2D eigenvalue weighted by Crippen LogP contribution is -1.94. The number of hydrogen-bond donors (Lipinski definition) is 3. The van der Waals surface area contributed by atoms with E-state index in [1.807, 2.05) is 47.8 Å². The van der Waals surface area contributed by atoms with E-state index >= 15 is 0 Å². The van der Waals surface area contributed by atoms with Gasteiger partial charge >= 0.3 is 0 Å². The van der Waals surface area contributed by atoms with Crippen molar-refractivity contribution in [1.29, 1.82) is 0 Å². The lowest BCUT2D eigenvalue weighted by molar-refractivity contribution is 1.26. The minimum atomic E-state index is 0.680. The number of fused-ring (bicyclic) bond motifs is 1. The summed E-state index contributed by atoms with van der Waals surface area (Å²) in [5.74, 6) is 2.20. The molecular formula is C15H12N6S. The minimum Gasteiger partial charge on any atom is -0.324 e. The van der Waals surface area contributed by atoms with E-state index in [-0.39, 0.29) is 0 Å². The SMILES string of the molecule is c1ccc(Nc2csc(Nc3nc4ccccc4[nH]3)n2)nc1. The topological polar surface area (TPSA) is 78.5 Å². The molecule has 0 spiro atoms. The average Bonchev–Trinajstić information content (AvgIpc) is 3.14. The first kappa shape index (κ1) is 12.8. The Morgan fingerprint density at radius 3 is 2.68 bits per heavy atom. The molecule has 0 radical (unpaired) electrons. The summed E-state index contributed by atoms with van der Waals surface area (Å²) in [7, 11) is 0. The van der Waals surface area contributed by atoms with Gasteiger partial charge in [-0.05, 0) is 24.3 Å². The zero-order valence-electron chi connectivity index (χ0n) is 11.4. The van der Waals surface area contributed by atoms with Crippen LogP contribution in [0.4, 0.5) is 22.7 Å². The van der Waals surface area contributed by atoms with Gasteiger partial charge < -0.3 is 15.6 Å². The second-order valence-electron chi connectivity index (χ2n) is 4.61. The molecule has 6 nitrogen and oxygen atoms in total. The summed E-state index contributed by atoms with van der Waals surface area (Å²) in [6.07, 6.45) is 1.74. The fourth-order valence-corrected chi connectivity index (χ4v) is 2.71. The van der Waals surface area contributed by atoms with Crippen molar-refractivity contribution >= 4 is 45.1 Å². The van der Waals surface area contributed by atoms with Gasteiger partial charge in [-0.3, -0.25) is 0 Å². The van der Waals surface area contributed by atoms with Crippen LogP contribution < -0.4 is 10.6 Å². The molecule has 4 aromatic rings. The van der Waals surface area contributed by atoms with Crippen LogP contribution in [-0.4, -0.2) is 19.9 Å². The third-order valence-electron chi connectivity index (χ3n) is 3.04. The summed E-state index contributed by atoms with van der Waals surface area (Å²) >= 11 is 1.50. The molecule has 1 aromatic carbocycles. The molecule has 4 rings (SSSR count). The highest BCUT2D eigenvalue weighted by Gasteiger charge is 2.06. The Morgan fingerprint density at radius 1 is 0.909 bits per heavy atom. The van der Waals surface area contributed by atoms with Crippen LogP contribution in [0.5, 0.6) is 0 Å². The summed E-state index contributed by atoms with van der Waals surface area (Å²) < 4.78 is 0. The van der Waals surface area contributed by atoms with Gasteiger partial charge in [0.1, 0.15) is 11.6 Å². The number of anilines is 4. The number of benzene rings is 1. The summed E-state index contributed by atoms with van der Waals surface area (Å²) in [4.78, 5) is 16.4. The van der Waals surface area contributed by atoms with Crippen molar-refractivity contribution in [3.05, 3.63) is 54.0 Å². The predicted octanol–water partition coefficient (Wildman–Crippen LogP) is 3.90. The van der Waals surface area contributed by atoms with Crippen LogP contribution >= 0.6 is 11.3 Å². The summed E-state index contributed by atoms with van der Waals surface area (Å²) in [5.41, 5.74) is 1.92. The molecule has 3 aromatic heterocycles. The van der Waals surface area contributed by atoms with Crippen LogP contribution in [0.3, 0.4) is 0 Å². The first-order chi connectivity index (χ1) is 10.9. The normalized spacial score (nSPS) is 10.7. The maximum Gasteiger partial charge on any atom is 0.207 e. The maximum atomic E-state index is 4.47. The van der Waals surface area contributed by atoms with Crippen molar-refractivity contribution in [3.8, 4) is 0 Å². The molecule has 0 saturated heterocycles. The van der Waals surface area contributed by atoms with E-state index in [2.05, 4.69) is 30.6 Å². The van der Waals surface area contributed by atoms with E-state index in [9.17, 15) is 0 Å². The van der Waals surface area contributed by atoms with Crippen molar-refractivity contribution in [3.63, 3.8) is 0 Å². The van der Waals surface area contributed by atoms with E-state index in [1.165, 1.54) is 11.3 Å². The lowest BCUT2D eigenvalue weighted by atomic mass is 10.3. The molecule has 3 N–H and O–H groups in total. The monoisotopic (exact) mass is 308 g/mol. The smallest absolute Gasteiger partial charge is 0.207 e. The van der Waals surface area contributed by atoms with Gasteiger partial charge in [-0.15, -0.1) is 11.3 Å². The van der Waals surface area contributed by atoms with Gasteiger partial charge in [0.2, 0.25) is 5.95 Å². The Balaban J connectivity index is 1.51. The number of hydrogen-bond acceptors (Lipinski definition) is 6. The molecule has 3 heterocycles. The van der Waals surface area contributed by atoms with Crippen molar-refractivity contribution in [2.75, 3.05) is 10.6 Å². The Hall–Kier alpha value is -2.93. The standard InChI is InChI=1S/C15H12N6S/c1-2-6-11-10(5-1)17-14(18-11)21-15-20-13(9-22-15)19-12-7-3-4-8-16-12/h1-9H,(H,16,19)(H2,17,18,20,21). The molecule has 7 heteroatoms. The number of imidazole rings is 1. The van der Waals surface area contributed by atoms with Crippen LogP contribution in [0.1, 0.15) is 0 Å². The lowest BCUT2D eigenvalue weighted by Gasteiger charge is -2.00. The molecule has 0 amide bonds. The molecule has 0 aliphatic carbocycles. The predicted molar refractivity (Wildman–Crippen MR) is 89.0 cm³/mol. The quantitative estimate of drug-likeness (QED) is 0.533. The van der Waals surface area contributed by atoms with Gasteiger partial charge in [0.05, 0.1) is 11.0 Å². The Kier molecular flexibility index (Phi) is 3.17. The van der Waals surface area contributed by atoms with Gasteiger partial charge in [0, 0.05) is 11.6 Å². The van der Waals surface area contributed by atoms with Gasteiger partial charge in [0.15, 0.2) is 5.13 Å². The van der Waals surface area contributed by atoms with Gasteiger partial charge in [0.25, 0.3) is 0 Å². The zero-order chi connectivity index (χ0) is 14.8. The highest BCUT2D eigenvalue weighted by Crippen LogP contribution is 2.24. The largest absolute Gasteiger partial charge is 0.324 e. The number of aromatic nitrogens is 4. The minimum absolute atomic E-state index is 0.680. The Labute approximate surface area is 130 Å². The van der Waals surface area contributed by atoms with Gasteiger partial charge in [-0.1, -0.05) is 18.2 Å². The van der Waals surface area contributed by atoms with Crippen LogP contribution in [0.15, 0.2) is 54.0 Å². The molecule has 0 unspecified atom stereocenters. The molecule has 22 heavy (non-hydrogen) atoms. The average molecular weight is 308 g/mol. The number of pyridine rings is 1. The fourth-order valence-electron chi connectivity index (χ4n) is 2.07. The number of nitrogens with zero attached hydrogens (tertiary/aromatic N) is 3. The van der Waals surface area contributed by atoms with E-state index < -0.39 is 0 Å². The molecule has 0 fully saturated rings. The third kappa shape index (κ3) is 2.61. The van der Waals surface area contributed by atoms with Crippen molar-refractivity contribution in [2.24, 2.45) is 0 Å². The molecule has 0 aliphatic heterocycles. The maximum absolute atomic E-state index is 4.47. The van der Waals surface area contributed by atoms with E-state index in [0.717, 1.165) is 27.8 Å².